The first-order valence-electron chi connectivity index (χ1n) is 8.28. The van der Waals surface area contributed by atoms with Gasteiger partial charge in [0, 0.05) is 18.9 Å². The quantitative estimate of drug-likeness (QED) is 0.607. The summed E-state index contributed by atoms with van der Waals surface area (Å²) in [5.41, 5.74) is 0.189. The highest BCUT2D eigenvalue weighted by atomic mass is 19.4. The Hall–Kier alpha value is -3.19. The number of aromatic nitrogens is 7. The zero-order valence-corrected chi connectivity index (χ0v) is 14.4. The number of imidazole rings is 1. The summed E-state index contributed by atoms with van der Waals surface area (Å²) in [6, 6.07) is -1.52. The summed E-state index contributed by atoms with van der Waals surface area (Å²) >= 11 is 0. The number of rotatable bonds is 4. The number of alkyl halides is 6. The molecule has 0 spiro atoms. The fourth-order valence-corrected chi connectivity index (χ4v) is 3.11. The highest BCUT2D eigenvalue weighted by Crippen LogP contribution is 2.42. The Bertz CT molecular complexity index is 993. The van der Waals surface area contributed by atoms with E-state index >= 15 is 0 Å². The van der Waals surface area contributed by atoms with Crippen LogP contribution in [0.2, 0.25) is 0 Å². The van der Waals surface area contributed by atoms with Crippen molar-refractivity contribution in [1.29, 1.82) is 0 Å². The van der Waals surface area contributed by atoms with Gasteiger partial charge in [-0.2, -0.15) is 31.3 Å². The van der Waals surface area contributed by atoms with Gasteiger partial charge in [0.05, 0.1) is 25.1 Å². The van der Waals surface area contributed by atoms with Crippen molar-refractivity contribution in [2.75, 3.05) is 11.4 Å². The Morgan fingerprint density at radius 3 is 2.48 bits per heavy atom. The topological polar surface area (TPSA) is 77.5 Å². The van der Waals surface area contributed by atoms with E-state index in [2.05, 4.69) is 25.1 Å². The van der Waals surface area contributed by atoms with E-state index in [1.54, 1.807) is 0 Å². The van der Waals surface area contributed by atoms with Crippen molar-refractivity contribution in [2.24, 2.45) is 0 Å². The molecule has 0 radical (unpaired) electrons. The van der Waals surface area contributed by atoms with E-state index in [0.717, 1.165) is 4.90 Å². The molecule has 1 aliphatic rings. The lowest BCUT2D eigenvalue weighted by atomic mass is 10.1. The molecule has 0 unspecified atom stereocenters. The number of nitrogens with zero attached hydrogens (tertiary/aromatic N) is 8. The molecule has 3 aromatic rings. The molecule has 0 saturated heterocycles. The fourth-order valence-electron chi connectivity index (χ4n) is 3.11. The van der Waals surface area contributed by atoms with Crippen LogP contribution in [0.3, 0.4) is 0 Å². The van der Waals surface area contributed by atoms with E-state index in [-0.39, 0.29) is 23.3 Å². The minimum absolute atomic E-state index is 0.0561. The maximum atomic E-state index is 13.2. The van der Waals surface area contributed by atoms with Crippen molar-refractivity contribution in [3.8, 4) is 11.6 Å². The summed E-state index contributed by atoms with van der Waals surface area (Å²) in [5.74, 6) is -0.147. The summed E-state index contributed by atoms with van der Waals surface area (Å²) in [7, 11) is 0. The van der Waals surface area contributed by atoms with Crippen LogP contribution < -0.4 is 4.90 Å². The van der Waals surface area contributed by atoms with E-state index in [9.17, 15) is 26.3 Å². The van der Waals surface area contributed by atoms with Crippen LogP contribution in [0.15, 0.2) is 31.2 Å². The van der Waals surface area contributed by atoms with Gasteiger partial charge in [-0.15, -0.1) is 10.2 Å². The second kappa shape index (κ2) is 6.70. The fraction of sp³-hybridized carbons (Fsp3) is 0.400. The van der Waals surface area contributed by atoms with Gasteiger partial charge < -0.3 is 4.90 Å². The molecule has 29 heavy (non-hydrogen) atoms. The van der Waals surface area contributed by atoms with Gasteiger partial charge in [0.2, 0.25) is 5.95 Å². The second-order valence-corrected chi connectivity index (χ2v) is 6.30. The molecule has 154 valence electrons. The first kappa shape index (κ1) is 19.1. The van der Waals surface area contributed by atoms with E-state index in [1.807, 2.05) is 0 Å². The molecule has 1 atom stereocenters. The number of hydrogen-bond donors (Lipinski definition) is 0. The van der Waals surface area contributed by atoms with Crippen LogP contribution in [-0.2, 0) is 0 Å². The largest absolute Gasteiger partial charge is 0.391 e. The van der Waals surface area contributed by atoms with Crippen molar-refractivity contribution in [3.63, 3.8) is 0 Å². The molecule has 0 saturated carbocycles. The maximum Gasteiger partial charge on any atom is 0.391 e. The van der Waals surface area contributed by atoms with Gasteiger partial charge in [0.25, 0.3) is 0 Å². The number of anilines is 1. The van der Waals surface area contributed by atoms with Gasteiger partial charge in [0.1, 0.15) is 18.3 Å². The van der Waals surface area contributed by atoms with Crippen LogP contribution in [0, 0.1) is 0 Å². The smallest absolute Gasteiger partial charge is 0.344 e. The lowest BCUT2D eigenvalue weighted by Gasteiger charge is -2.37. The maximum absolute atomic E-state index is 13.2. The molecule has 0 N–H and O–H groups in total. The minimum atomic E-state index is -4.64. The Morgan fingerprint density at radius 2 is 1.83 bits per heavy atom. The molecule has 14 heteroatoms. The van der Waals surface area contributed by atoms with E-state index in [4.69, 9.17) is 0 Å². The predicted molar refractivity (Wildman–Crippen MR) is 85.5 cm³/mol. The molecule has 8 nitrogen and oxygen atoms in total. The third-order valence-electron chi connectivity index (χ3n) is 4.31. The second-order valence-electron chi connectivity index (χ2n) is 6.30. The minimum Gasteiger partial charge on any atom is -0.344 e. The van der Waals surface area contributed by atoms with Crippen LogP contribution in [-0.4, -0.2) is 53.2 Å². The van der Waals surface area contributed by atoms with Crippen LogP contribution in [0.1, 0.15) is 24.7 Å². The molecule has 1 aliphatic heterocycles. The van der Waals surface area contributed by atoms with Crippen LogP contribution >= 0.6 is 0 Å². The van der Waals surface area contributed by atoms with Gasteiger partial charge in [-0.25, -0.2) is 9.97 Å². The van der Waals surface area contributed by atoms with Crippen LogP contribution in [0.5, 0.6) is 0 Å². The average molecular weight is 418 g/mol. The number of hydrogen-bond acceptors (Lipinski definition) is 6. The Balaban J connectivity index is 1.83. The summed E-state index contributed by atoms with van der Waals surface area (Å²) in [6.45, 7) is -0.732. The summed E-state index contributed by atoms with van der Waals surface area (Å²) in [4.78, 5) is 13.1. The molecule has 3 aromatic heterocycles. The summed E-state index contributed by atoms with van der Waals surface area (Å²) < 4.78 is 80.9. The van der Waals surface area contributed by atoms with Crippen molar-refractivity contribution in [1.82, 2.24) is 34.3 Å². The molecule has 0 aliphatic carbocycles. The van der Waals surface area contributed by atoms with E-state index in [0.29, 0.717) is 0 Å². The van der Waals surface area contributed by atoms with Gasteiger partial charge in [-0.1, -0.05) is 0 Å². The monoisotopic (exact) mass is 418 g/mol. The van der Waals surface area contributed by atoms with Crippen molar-refractivity contribution >= 4 is 5.82 Å². The highest BCUT2D eigenvalue weighted by Gasteiger charge is 2.43. The van der Waals surface area contributed by atoms with Crippen molar-refractivity contribution in [2.45, 2.75) is 31.2 Å². The van der Waals surface area contributed by atoms with Gasteiger partial charge in [-0.3, -0.25) is 9.13 Å². The van der Waals surface area contributed by atoms with Gasteiger partial charge in [0.15, 0.2) is 11.6 Å². The molecular weight excluding hydrogens is 406 g/mol. The third-order valence-corrected chi connectivity index (χ3v) is 4.31. The molecule has 4 heterocycles. The van der Waals surface area contributed by atoms with Gasteiger partial charge >= 0.3 is 12.4 Å². The van der Waals surface area contributed by atoms with Crippen molar-refractivity contribution < 1.29 is 26.3 Å². The predicted octanol–water partition coefficient (Wildman–Crippen LogP) is 3.01. The standard InChI is InChI=1S/C15H12F6N8/c16-14(17,18)1-3-28-9(5-15(19,20)21)12-26-24-8-29(12)10-6-23-13(25-11(10)28)27-4-2-22-7-27/h2,4,6-9H,1,3,5H2/t9-/m1/s1. The van der Waals surface area contributed by atoms with Gasteiger partial charge in [-0.05, 0) is 0 Å². The number of halogens is 6. The Morgan fingerprint density at radius 1 is 1.03 bits per heavy atom. The summed E-state index contributed by atoms with van der Waals surface area (Å²) in [6.07, 6.45) is -5.15. The normalized spacial score (nSPS) is 16.6. The molecule has 0 fully saturated rings. The average Bonchev–Trinajstić information content (AvgIpc) is 3.30. The Kier molecular flexibility index (Phi) is 4.42. The molecule has 0 bridgehead atoms. The highest BCUT2D eigenvalue weighted by molar-refractivity contribution is 5.62. The zero-order chi connectivity index (χ0) is 20.8. The summed E-state index contributed by atoms with van der Waals surface area (Å²) in [5, 5.41) is 7.33. The van der Waals surface area contributed by atoms with Crippen molar-refractivity contribution in [3.05, 3.63) is 37.1 Å². The molecule has 4 rings (SSSR count). The first-order valence-corrected chi connectivity index (χ1v) is 8.28. The Labute approximate surface area is 158 Å². The molecular formula is C15H12F6N8. The van der Waals surface area contributed by atoms with Crippen LogP contribution in [0.4, 0.5) is 32.2 Å². The lowest BCUT2D eigenvalue weighted by Crippen LogP contribution is -2.40. The number of fused-ring (bicyclic) bond motifs is 3. The van der Waals surface area contributed by atoms with Crippen LogP contribution in [0.25, 0.3) is 11.6 Å². The third kappa shape index (κ3) is 3.86. The van der Waals surface area contributed by atoms with E-state index in [1.165, 1.54) is 40.4 Å². The van der Waals surface area contributed by atoms with E-state index < -0.39 is 37.8 Å². The lowest BCUT2D eigenvalue weighted by molar-refractivity contribution is -0.141. The zero-order valence-electron chi connectivity index (χ0n) is 14.4. The first-order chi connectivity index (χ1) is 13.6. The SMILES string of the molecule is FC(F)(F)CCN1c2nc(-n3ccnc3)ncc2-n2cnnc2[C@H]1CC(F)(F)F. The molecule has 0 amide bonds. The molecule has 0 aromatic carbocycles.